The highest BCUT2D eigenvalue weighted by atomic mass is 31.2. The second-order valence-corrected chi connectivity index (χ2v) is 24.1. The summed E-state index contributed by atoms with van der Waals surface area (Å²) < 4.78 is 60.7. The molecule has 0 aliphatic rings. The molecule has 0 aliphatic carbocycles. The molecule has 0 aromatic carbocycles. The lowest BCUT2D eigenvalue weighted by Gasteiger charge is -2.21. The van der Waals surface area contributed by atoms with E-state index in [1.54, 1.807) is 0 Å². The molecule has 0 rings (SSSR count). The van der Waals surface area contributed by atoms with Gasteiger partial charge in [-0.3, -0.25) is 32.5 Å². The molecular formula is C63H114O16P2. The van der Waals surface area contributed by atoms with E-state index in [1.165, 1.54) is 96.3 Å². The molecule has 0 amide bonds. The van der Waals surface area contributed by atoms with E-state index >= 15 is 0 Å². The molecule has 0 spiro atoms. The van der Waals surface area contributed by atoms with Crippen LogP contribution in [0.3, 0.4) is 0 Å². The zero-order valence-electron chi connectivity index (χ0n) is 50.7. The van der Waals surface area contributed by atoms with Crippen molar-refractivity contribution in [1.82, 2.24) is 0 Å². The van der Waals surface area contributed by atoms with Crippen LogP contribution >= 0.6 is 15.6 Å². The summed E-state index contributed by atoms with van der Waals surface area (Å²) in [5.74, 6) is -1.60. The third kappa shape index (κ3) is 58.8. The summed E-state index contributed by atoms with van der Waals surface area (Å²) in [6, 6.07) is 0. The van der Waals surface area contributed by atoms with Crippen LogP contribution in [0.25, 0.3) is 0 Å². The van der Waals surface area contributed by atoms with E-state index < -0.39 is 91.5 Å². The molecule has 0 saturated heterocycles. The summed E-state index contributed by atoms with van der Waals surface area (Å²) in [7, 11) is -9.76. The minimum atomic E-state index is -4.92. The van der Waals surface area contributed by atoms with E-state index in [9.17, 15) is 43.5 Å². The molecule has 4 N–H and O–H groups in total. The van der Waals surface area contributed by atoms with Crippen molar-refractivity contribution < 1.29 is 75.8 Å². The number of aliphatic hydroxyl groups is 2. The van der Waals surface area contributed by atoms with Crippen LogP contribution in [0.2, 0.25) is 0 Å². The molecule has 0 radical (unpaired) electrons. The van der Waals surface area contributed by atoms with Crippen molar-refractivity contribution in [3.05, 3.63) is 60.8 Å². The first-order valence-corrected chi connectivity index (χ1v) is 34.6. The molecule has 0 bridgehead atoms. The van der Waals surface area contributed by atoms with Crippen molar-refractivity contribution in [2.45, 2.75) is 283 Å². The SMILES string of the molecule is CC/C=C\C/C=C\C/C=C\C/C=C\CCCCCCC(=O)OCC(O)COP(=O)(O)OCC(O)COP(=O)(O)OCC(COC(=O)CCCCCCCCCCCCCCCCC)OC(=O)CCCCCCC/C=C\CCCCCC. The van der Waals surface area contributed by atoms with Gasteiger partial charge in [-0.1, -0.05) is 223 Å². The monoisotopic (exact) mass is 1190 g/mol. The van der Waals surface area contributed by atoms with Gasteiger partial charge < -0.3 is 34.2 Å². The van der Waals surface area contributed by atoms with Crippen molar-refractivity contribution in [3.63, 3.8) is 0 Å². The summed E-state index contributed by atoms with van der Waals surface area (Å²) in [4.78, 5) is 58.1. The number of phosphoric ester groups is 2. The van der Waals surface area contributed by atoms with E-state index in [4.69, 9.17) is 32.3 Å². The lowest BCUT2D eigenvalue weighted by atomic mass is 10.0. The van der Waals surface area contributed by atoms with Gasteiger partial charge >= 0.3 is 33.6 Å². The smallest absolute Gasteiger partial charge is 0.463 e. The van der Waals surface area contributed by atoms with E-state index in [0.29, 0.717) is 19.3 Å². The van der Waals surface area contributed by atoms with Gasteiger partial charge in [0.15, 0.2) is 6.10 Å². The number of hydrogen-bond donors (Lipinski definition) is 4. The predicted octanol–water partition coefficient (Wildman–Crippen LogP) is 16.6. The Morgan fingerprint density at radius 1 is 0.358 bits per heavy atom. The standard InChI is InChI=1S/C63H114O16P2/c1-4-7-10-13-16-19-22-25-27-28-30-33-34-37-40-43-46-49-61(66)73-52-58(64)53-75-80(69,70)76-54-59(65)55-77-81(71,72)78-57-60(79-63(68)51-48-45-42-39-36-31-24-21-18-15-12-9-6-3)56-74-62(67)50-47-44-41-38-35-32-29-26-23-20-17-14-11-8-5-2/h7,10,16,19,21,24-25,27,30,33,58-60,64-65H,4-6,8-9,11-15,17-18,20,22-23,26,28-29,31-32,34-57H2,1-3H3,(H,69,70)(H,71,72)/b10-7-,19-16-,24-21-,27-25-,33-30-. The fraction of sp³-hybridized carbons (Fsp3) is 0.794. The van der Waals surface area contributed by atoms with Gasteiger partial charge in [0.05, 0.1) is 26.4 Å². The van der Waals surface area contributed by atoms with Crippen molar-refractivity contribution in [2.75, 3.05) is 39.6 Å². The Morgan fingerprint density at radius 2 is 0.654 bits per heavy atom. The second kappa shape index (κ2) is 57.7. The number of phosphoric acid groups is 2. The van der Waals surface area contributed by atoms with E-state index in [2.05, 4.69) is 81.5 Å². The fourth-order valence-electron chi connectivity index (χ4n) is 8.38. The van der Waals surface area contributed by atoms with Crippen LogP contribution < -0.4 is 0 Å². The molecule has 0 aliphatic heterocycles. The summed E-state index contributed by atoms with van der Waals surface area (Å²) in [6.07, 6.45) is 55.7. The molecule has 5 unspecified atom stereocenters. The zero-order valence-corrected chi connectivity index (χ0v) is 52.5. The maximum atomic E-state index is 12.9. The number of hydrogen-bond acceptors (Lipinski definition) is 14. The first-order chi connectivity index (χ1) is 39.2. The third-order valence-electron chi connectivity index (χ3n) is 13.2. The topological polar surface area (TPSA) is 231 Å². The Hall–Kier alpha value is -2.75. The first kappa shape index (κ1) is 78.2. The highest BCUT2D eigenvalue weighted by Crippen LogP contribution is 2.45. The van der Waals surface area contributed by atoms with Crippen LogP contribution in [0.5, 0.6) is 0 Å². The maximum absolute atomic E-state index is 12.9. The van der Waals surface area contributed by atoms with Crippen molar-refractivity contribution in [3.8, 4) is 0 Å². The second-order valence-electron chi connectivity index (χ2n) is 21.2. The molecule has 0 fully saturated rings. The Kier molecular flexibility index (Phi) is 55.7. The molecule has 0 saturated carbocycles. The maximum Gasteiger partial charge on any atom is 0.472 e. The molecule has 472 valence electrons. The number of carbonyl (C=O) groups is 3. The molecule has 81 heavy (non-hydrogen) atoms. The number of carbonyl (C=O) groups excluding carboxylic acids is 3. The van der Waals surface area contributed by atoms with Crippen LogP contribution in [0, 0.1) is 0 Å². The number of rotatable bonds is 60. The van der Waals surface area contributed by atoms with E-state index in [0.717, 1.165) is 109 Å². The van der Waals surface area contributed by atoms with E-state index in [-0.39, 0.29) is 19.3 Å². The molecule has 16 nitrogen and oxygen atoms in total. The van der Waals surface area contributed by atoms with Gasteiger partial charge in [0.1, 0.15) is 25.4 Å². The van der Waals surface area contributed by atoms with Gasteiger partial charge in [0.25, 0.3) is 0 Å². The first-order valence-electron chi connectivity index (χ1n) is 31.6. The average molecular weight is 1190 g/mol. The highest BCUT2D eigenvalue weighted by molar-refractivity contribution is 7.47. The third-order valence-corrected chi connectivity index (χ3v) is 15.1. The summed E-state index contributed by atoms with van der Waals surface area (Å²) in [6.45, 7) is 2.51. The minimum Gasteiger partial charge on any atom is -0.463 e. The van der Waals surface area contributed by atoms with Gasteiger partial charge in [0.2, 0.25) is 0 Å². The Bertz CT molecular complexity index is 1730. The normalized spacial score (nSPS) is 14.8. The van der Waals surface area contributed by atoms with Gasteiger partial charge in [-0.15, -0.1) is 0 Å². The van der Waals surface area contributed by atoms with Crippen LogP contribution in [0.1, 0.15) is 265 Å². The lowest BCUT2D eigenvalue weighted by molar-refractivity contribution is -0.161. The number of aliphatic hydroxyl groups excluding tert-OH is 2. The van der Waals surface area contributed by atoms with Crippen molar-refractivity contribution in [1.29, 1.82) is 0 Å². The lowest BCUT2D eigenvalue weighted by Crippen LogP contribution is -2.30. The predicted molar refractivity (Wildman–Crippen MR) is 325 cm³/mol. The molecule has 0 aromatic rings. The Balaban J connectivity index is 4.67. The average Bonchev–Trinajstić information content (AvgIpc) is 3.44. The molecular weight excluding hydrogens is 1070 g/mol. The molecule has 0 aromatic heterocycles. The Labute approximate surface area is 490 Å². The Morgan fingerprint density at radius 3 is 1.06 bits per heavy atom. The minimum absolute atomic E-state index is 0.0981. The number of ether oxygens (including phenoxy) is 3. The van der Waals surface area contributed by atoms with Gasteiger partial charge in [-0.2, -0.15) is 0 Å². The van der Waals surface area contributed by atoms with Crippen LogP contribution in [-0.4, -0.2) is 95.9 Å². The van der Waals surface area contributed by atoms with Crippen molar-refractivity contribution in [2.24, 2.45) is 0 Å². The van der Waals surface area contributed by atoms with Crippen molar-refractivity contribution >= 4 is 33.6 Å². The van der Waals surface area contributed by atoms with Crippen LogP contribution in [0.15, 0.2) is 60.8 Å². The van der Waals surface area contributed by atoms with Gasteiger partial charge in [-0.25, -0.2) is 9.13 Å². The van der Waals surface area contributed by atoms with Gasteiger partial charge in [0, 0.05) is 19.3 Å². The quantitative estimate of drug-likeness (QED) is 0.0146. The number of unbranched alkanes of at least 4 members (excludes halogenated alkanes) is 27. The summed E-state index contributed by atoms with van der Waals surface area (Å²) >= 11 is 0. The fourth-order valence-corrected chi connectivity index (χ4v) is 9.96. The number of allylic oxidation sites excluding steroid dienone is 10. The molecule has 18 heteroatoms. The molecule has 0 heterocycles. The summed E-state index contributed by atoms with van der Waals surface area (Å²) in [5.41, 5.74) is 0. The molecule has 5 atom stereocenters. The zero-order chi connectivity index (χ0) is 59.6. The summed E-state index contributed by atoms with van der Waals surface area (Å²) in [5, 5.41) is 20.5. The van der Waals surface area contributed by atoms with E-state index in [1.807, 2.05) is 0 Å². The highest BCUT2D eigenvalue weighted by Gasteiger charge is 2.29. The van der Waals surface area contributed by atoms with Crippen LogP contribution in [0.4, 0.5) is 0 Å². The largest absolute Gasteiger partial charge is 0.472 e. The number of esters is 3. The van der Waals surface area contributed by atoms with Crippen LogP contribution in [-0.2, 0) is 55.8 Å². The van der Waals surface area contributed by atoms with Gasteiger partial charge in [-0.05, 0) is 83.5 Å².